The number of hydrogen-bond acceptors (Lipinski definition) is 3. The van der Waals surface area contributed by atoms with Gasteiger partial charge in [0.1, 0.15) is 11.5 Å². The molecule has 0 radical (unpaired) electrons. The third kappa shape index (κ3) is 6.99. The molecule has 2 nitrogen and oxygen atoms in total. The molecule has 0 saturated heterocycles. The van der Waals surface area contributed by atoms with E-state index in [1.807, 2.05) is 12.1 Å². The highest BCUT2D eigenvalue weighted by Crippen LogP contribution is 2.19. The maximum absolute atomic E-state index is 11.4. The molecule has 0 aliphatic rings. The Hall–Kier alpha value is -0.960. The van der Waals surface area contributed by atoms with Gasteiger partial charge in [0.25, 0.3) is 0 Å². The lowest BCUT2D eigenvalue weighted by molar-refractivity contribution is -0.116. The first-order valence-corrected chi connectivity index (χ1v) is 8.50. The molecule has 3 heteroatoms. The molecule has 0 aliphatic heterocycles. The van der Waals surface area contributed by atoms with E-state index in [1.165, 1.54) is 5.56 Å². The summed E-state index contributed by atoms with van der Waals surface area (Å²) in [6, 6.07) is 8.15. The first-order chi connectivity index (χ1) is 9.63. The molecule has 0 aromatic heterocycles. The number of ketones is 1. The van der Waals surface area contributed by atoms with E-state index in [1.54, 1.807) is 18.7 Å². The van der Waals surface area contributed by atoms with Gasteiger partial charge in [-0.15, -0.1) is 0 Å². The fourth-order valence-corrected chi connectivity index (χ4v) is 3.01. The molecule has 20 heavy (non-hydrogen) atoms. The van der Waals surface area contributed by atoms with E-state index in [0.717, 1.165) is 43.8 Å². The van der Waals surface area contributed by atoms with E-state index in [4.69, 9.17) is 4.74 Å². The predicted molar refractivity (Wildman–Crippen MR) is 87.7 cm³/mol. The van der Waals surface area contributed by atoms with Crippen LogP contribution in [0.4, 0.5) is 0 Å². The molecule has 112 valence electrons. The van der Waals surface area contributed by atoms with E-state index in [2.05, 4.69) is 26.0 Å². The number of aryl methyl sites for hydroxylation is 1. The molecular formula is C17H26O2S. The molecule has 1 aromatic rings. The minimum absolute atomic E-state index is 0.193. The van der Waals surface area contributed by atoms with Crippen LogP contribution in [0.1, 0.15) is 45.1 Å². The smallest absolute Gasteiger partial charge is 0.142 e. The van der Waals surface area contributed by atoms with Crippen molar-refractivity contribution in [1.29, 1.82) is 0 Å². The molecule has 0 amide bonds. The molecule has 1 unspecified atom stereocenters. The summed E-state index contributed by atoms with van der Waals surface area (Å²) >= 11 is 1.77. The Labute approximate surface area is 127 Å². The van der Waals surface area contributed by atoms with E-state index < -0.39 is 0 Å². The zero-order valence-corrected chi connectivity index (χ0v) is 13.7. The summed E-state index contributed by atoms with van der Waals surface area (Å²) in [7, 11) is 0. The van der Waals surface area contributed by atoms with Gasteiger partial charge in [0, 0.05) is 0 Å². The lowest BCUT2D eigenvalue weighted by Gasteiger charge is -2.12. The lowest BCUT2D eigenvalue weighted by atomic mass is 10.1. The molecule has 0 N–H and O–H groups in total. The predicted octanol–water partition coefficient (Wildman–Crippen LogP) is 4.64. The van der Waals surface area contributed by atoms with Gasteiger partial charge < -0.3 is 4.74 Å². The van der Waals surface area contributed by atoms with Crippen molar-refractivity contribution in [3.8, 4) is 5.75 Å². The topological polar surface area (TPSA) is 26.3 Å². The molecule has 0 aliphatic carbocycles. The van der Waals surface area contributed by atoms with Crippen molar-refractivity contribution < 1.29 is 9.53 Å². The third-order valence-corrected chi connectivity index (χ3v) is 4.52. The molecule has 0 bridgehead atoms. The summed E-state index contributed by atoms with van der Waals surface area (Å²) in [6.07, 6.45) is 4.28. The summed E-state index contributed by atoms with van der Waals surface area (Å²) < 4.78 is 5.69. The van der Waals surface area contributed by atoms with Crippen LogP contribution in [0, 0.1) is 6.92 Å². The monoisotopic (exact) mass is 294 g/mol. The Bertz CT molecular complexity index is 386. The number of carbonyl (C=O) groups is 1. The van der Waals surface area contributed by atoms with Gasteiger partial charge in [-0.25, -0.2) is 0 Å². The van der Waals surface area contributed by atoms with Gasteiger partial charge >= 0.3 is 0 Å². The van der Waals surface area contributed by atoms with Crippen LogP contribution in [0.15, 0.2) is 24.3 Å². The molecule has 0 spiro atoms. The Balaban J connectivity index is 2.09. The maximum atomic E-state index is 11.4. The van der Waals surface area contributed by atoms with Crippen LogP contribution in [0.5, 0.6) is 5.75 Å². The van der Waals surface area contributed by atoms with E-state index >= 15 is 0 Å². The summed E-state index contributed by atoms with van der Waals surface area (Å²) in [4.78, 5) is 11.4. The maximum Gasteiger partial charge on any atom is 0.142 e. The van der Waals surface area contributed by atoms with Crippen LogP contribution >= 0.6 is 11.8 Å². The zero-order chi connectivity index (χ0) is 14.8. The van der Waals surface area contributed by atoms with E-state index in [0.29, 0.717) is 5.78 Å². The highest BCUT2D eigenvalue weighted by Gasteiger charge is 2.12. The van der Waals surface area contributed by atoms with Crippen molar-refractivity contribution in [2.75, 3.05) is 12.4 Å². The first kappa shape index (κ1) is 17.1. The number of unbranched alkanes of at least 4 members (excludes halogenated alkanes) is 2. The average molecular weight is 294 g/mol. The van der Waals surface area contributed by atoms with E-state index in [9.17, 15) is 4.79 Å². The fraction of sp³-hybridized carbons (Fsp3) is 0.588. The summed E-state index contributed by atoms with van der Waals surface area (Å²) in [6.45, 7) is 6.64. The minimum atomic E-state index is 0.193. The molecule has 0 saturated carbocycles. The third-order valence-electron chi connectivity index (χ3n) is 3.22. The second-order valence-electron chi connectivity index (χ2n) is 5.07. The Kier molecular flexibility index (Phi) is 8.43. The normalized spacial score (nSPS) is 12.2. The Morgan fingerprint density at radius 3 is 2.50 bits per heavy atom. The zero-order valence-electron chi connectivity index (χ0n) is 12.9. The quantitative estimate of drug-likeness (QED) is 0.588. The molecule has 1 aromatic carbocycles. The van der Waals surface area contributed by atoms with E-state index in [-0.39, 0.29) is 5.25 Å². The van der Waals surface area contributed by atoms with Crippen LogP contribution in [0.3, 0.4) is 0 Å². The first-order valence-electron chi connectivity index (χ1n) is 7.45. The second kappa shape index (κ2) is 9.87. The van der Waals surface area contributed by atoms with Gasteiger partial charge in [0.05, 0.1) is 11.9 Å². The number of benzene rings is 1. The SMILES string of the molecule is CCSC(CCCCCOc1ccc(C)cc1)C(C)=O. The summed E-state index contributed by atoms with van der Waals surface area (Å²) in [5.41, 5.74) is 1.25. The van der Waals surface area contributed by atoms with Crippen LogP contribution in [0.2, 0.25) is 0 Å². The van der Waals surface area contributed by atoms with Crippen molar-refractivity contribution in [3.05, 3.63) is 29.8 Å². The number of thioether (sulfide) groups is 1. The number of hydrogen-bond donors (Lipinski definition) is 0. The van der Waals surface area contributed by atoms with Crippen molar-refractivity contribution in [2.45, 2.75) is 51.7 Å². The Morgan fingerprint density at radius 1 is 1.20 bits per heavy atom. The van der Waals surface area contributed by atoms with Crippen molar-refractivity contribution >= 4 is 17.5 Å². The average Bonchev–Trinajstić information content (AvgIpc) is 2.43. The largest absolute Gasteiger partial charge is 0.494 e. The number of rotatable bonds is 10. The lowest BCUT2D eigenvalue weighted by Crippen LogP contribution is -2.13. The van der Waals surface area contributed by atoms with Gasteiger partial charge in [-0.2, -0.15) is 11.8 Å². The number of Topliss-reactive ketones (excluding diaryl/α,β-unsaturated/α-hetero) is 1. The molecule has 0 heterocycles. The van der Waals surface area contributed by atoms with Crippen LogP contribution in [0.25, 0.3) is 0 Å². The van der Waals surface area contributed by atoms with Gasteiger partial charge in [-0.1, -0.05) is 37.5 Å². The fourth-order valence-electron chi connectivity index (χ4n) is 2.04. The van der Waals surface area contributed by atoms with Crippen LogP contribution in [-0.2, 0) is 4.79 Å². The van der Waals surface area contributed by atoms with Crippen molar-refractivity contribution in [1.82, 2.24) is 0 Å². The van der Waals surface area contributed by atoms with Gasteiger partial charge in [-0.05, 0) is 44.6 Å². The van der Waals surface area contributed by atoms with Gasteiger partial charge in [0.2, 0.25) is 0 Å². The van der Waals surface area contributed by atoms with Crippen molar-refractivity contribution in [3.63, 3.8) is 0 Å². The molecular weight excluding hydrogens is 268 g/mol. The second-order valence-corrected chi connectivity index (χ2v) is 6.55. The van der Waals surface area contributed by atoms with Crippen LogP contribution in [-0.4, -0.2) is 23.4 Å². The number of carbonyl (C=O) groups excluding carboxylic acids is 1. The van der Waals surface area contributed by atoms with Crippen LogP contribution < -0.4 is 4.74 Å². The van der Waals surface area contributed by atoms with Crippen molar-refractivity contribution in [2.24, 2.45) is 0 Å². The molecule has 1 atom stereocenters. The highest BCUT2D eigenvalue weighted by atomic mass is 32.2. The molecule has 0 fully saturated rings. The number of ether oxygens (including phenoxy) is 1. The summed E-state index contributed by atoms with van der Waals surface area (Å²) in [5, 5.41) is 0.193. The Morgan fingerprint density at radius 2 is 1.90 bits per heavy atom. The standard InChI is InChI=1S/C17H26O2S/c1-4-20-17(15(3)18)8-6-5-7-13-19-16-11-9-14(2)10-12-16/h9-12,17H,4-8,13H2,1-3H3. The summed E-state index contributed by atoms with van der Waals surface area (Å²) in [5.74, 6) is 2.27. The molecule has 1 rings (SSSR count). The minimum Gasteiger partial charge on any atom is -0.494 e. The van der Waals surface area contributed by atoms with Gasteiger partial charge in [-0.3, -0.25) is 4.79 Å². The highest BCUT2D eigenvalue weighted by molar-refractivity contribution is 8.00. The van der Waals surface area contributed by atoms with Gasteiger partial charge in [0.15, 0.2) is 0 Å².